The number of ether oxygens (including phenoxy) is 1. The van der Waals surface area contributed by atoms with Crippen molar-refractivity contribution >= 4 is 35.0 Å². The molecule has 192 valence electrons. The number of fused-ring (bicyclic) bond motifs is 1. The van der Waals surface area contributed by atoms with Gasteiger partial charge in [0, 0.05) is 23.3 Å². The Morgan fingerprint density at radius 1 is 1.11 bits per heavy atom. The fourth-order valence-electron chi connectivity index (χ4n) is 4.40. The Balaban J connectivity index is 1.73. The maximum atomic E-state index is 17.2. The van der Waals surface area contributed by atoms with Crippen molar-refractivity contribution in [1.29, 1.82) is 0 Å². The average molecular weight is 545 g/mol. The number of aromatic nitrogens is 1. The van der Waals surface area contributed by atoms with Crippen molar-refractivity contribution in [3.8, 4) is 11.1 Å². The van der Waals surface area contributed by atoms with Gasteiger partial charge in [-0.15, -0.1) is 0 Å². The molecule has 2 aliphatic rings. The maximum Gasteiger partial charge on any atom is 0.327 e. The molecule has 1 aliphatic heterocycles. The molecule has 1 aromatic heterocycles. The van der Waals surface area contributed by atoms with Crippen LogP contribution in [0.2, 0.25) is 10.0 Å². The van der Waals surface area contributed by atoms with Crippen molar-refractivity contribution < 1.29 is 28.9 Å². The van der Waals surface area contributed by atoms with E-state index in [9.17, 15) is 19.8 Å². The maximum absolute atomic E-state index is 17.2. The molecule has 0 spiro atoms. The lowest BCUT2D eigenvalue weighted by Crippen LogP contribution is -2.51. The number of pyridine rings is 1. The molecule has 3 aromatic rings. The third kappa shape index (κ3) is 4.76. The number of rotatable bonds is 7. The van der Waals surface area contributed by atoms with E-state index in [1.807, 2.05) is 0 Å². The number of hydrogen-bond donors (Lipinski definition) is 2. The van der Waals surface area contributed by atoms with Crippen molar-refractivity contribution in [3.05, 3.63) is 87.2 Å². The van der Waals surface area contributed by atoms with E-state index in [1.54, 1.807) is 42.5 Å². The summed E-state index contributed by atoms with van der Waals surface area (Å²) < 4.78 is 22.8. The number of aliphatic hydroxyl groups is 2. The van der Waals surface area contributed by atoms with Crippen LogP contribution >= 0.6 is 23.2 Å². The van der Waals surface area contributed by atoms with E-state index in [2.05, 4.69) is 4.98 Å². The Bertz CT molecular complexity index is 1380. The van der Waals surface area contributed by atoms with Crippen LogP contribution in [0.15, 0.2) is 54.7 Å². The molecule has 2 aromatic carbocycles. The van der Waals surface area contributed by atoms with Gasteiger partial charge in [-0.25, -0.2) is 4.90 Å². The van der Waals surface area contributed by atoms with E-state index >= 15 is 4.39 Å². The summed E-state index contributed by atoms with van der Waals surface area (Å²) in [7, 11) is 0. The summed E-state index contributed by atoms with van der Waals surface area (Å²) in [6.45, 7) is 0.703. The monoisotopic (exact) mass is 544 g/mol. The number of aliphatic hydroxyl groups excluding tert-OH is 1. The van der Waals surface area contributed by atoms with Crippen LogP contribution in [0, 0.1) is 0 Å². The molecule has 1 aliphatic carbocycles. The van der Waals surface area contributed by atoms with Gasteiger partial charge in [0.1, 0.15) is 6.10 Å². The number of halogens is 3. The Morgan fingerprint density at radius 3 is 2.35 bits per heavy atom. The summed E-state index contributed by atoms with van der Waals surface area (Å²) in [5.41, 5.74) is 0.657. The number of imide groups is 1. The second-order valence-electron chi connectivity index (χ2n) is 9.39. The molecular formula is C27H23Cl2FN2O5. The Morgan fingerprint density at radius 2 is 1.76 bits per heavy atom. The van der Waals surface area contributed by atoms with E-state index in [4.69, 9.17) is 27.9 Å². The van der Waals surface area contributed by atoms with Crippen molar-refractivity contribution in [2.24, 2.45) is 0 Å². The smallest absolute Gasteiger partial charge is 0.327 e. The minimum absolute atomic E-state index is 0.0710. The largest absolute Gasteiger partial charge is 0.387 e. The third-order valence-electron chi connectivity index (χ3n) is 6.58. The summed E-state index contributed by atoms with van der Waals surface area (Å²) in [6, 6.07) is 13.3. The van der Waals surface area contributed by atoms with Gasteiger partial charge in [0.05, 0.1) is 28.4 Å². The highest BCUT2D eigenvalue weighted by atomic mass is 35.5. The predicted octanol–water partition coefficient (Wildman–Crippen LogP) is 4.63. The lowest BCUT2D eigenvalue weighted by atomic mass is 9.89. The highest BCUT2D eigenvalue weighted by molar-refractivity contribution is 6.30. The lowest BCUT2D eigenvalue weighted by Gasteiger charge is -2.32. The zero-order valence-corrected chi connectivity index (χ0v) is 21.3. The van der Waals surface area contributed by atoms with Crippen LogP contribution < -0.4 is 0 Å². The SMILES string of the molecule is CC(O)C(=O)N1C(=O)c2ccc(-c3ccc(Cl)cc3)c(Cc3ccc(Cl)cn3)c2[C@]1(F)OCC1(O)CC1. The molecule has 2 atom stereocenters. The molecule has 1 fully saturated rings. The summed E-state index contributed by atoms with van der Waals surface area (Å²) in [4.78, 5) is 30.9. The molecule has 0 radical (unpaired) electrons. The van der Waals surface area contributed by atoms with Crippen LogP contribution in [0.3, 0.4) is 0 Å². The van der Waals surface area contributed by atoms with Gasteiger partial charge in [-0.2, -0.15) is 4.39 Å². The first-order chi connectivity index (χ1) is 17.5. The van der Waals surface area contributed by atoms with Gasteiger partial charge in [-0.3, -0.25) is 14.6 Å². The Kier molecular flexibility index (Phi) is 6.58. The van der Waals surface area contributed by atoms with Crippen LogP contribution in [0.4, 0.5) is 4.39 Å². The zero-order chi connectivity index (χ0) is 26.5. The molecular weight excluding hydrogens is 522 g/mol. The van der Waals surface area contributed by atoms with Crippen molar-refractivity contribution in [2.45, 2.75) is 43.9 Å². The number of carbonyl (C=O) groups excluding carboxylic acids is 2. The van der Waals surface area contributed by atoms with Crippen molar-refractivity contribution in [1.82, 2.24) is 9.88 Å². The van der Waals surface area contributed by atoms with Gasteiger partial charge in [0.15, 0.2) is 0 Å². The molecule has 0 saturated heterocycles. The second-order valence-corrected chi connectivity index (χ2v) is 10.3. The Hall–Kier alpha value is -2.88. The molecule has 7 nitrogen and oxygen atoms in total. The first-order valence-electron chi connectivity index (χ1n) is 11.7. The van der Waals surface area contributed by atoms with Gasteiger partial charge in [-0.05, 0) is 66.8 Å². The second kappa shape index (κ2) is 9.45. The number of benzene rings is 2. The predicted molar refractivity (Wildman–Crippen MR) is 135 cm³/mol. The number of carbonyl (C=O) groups is 2. The number of hydrogen-bond acceptors (Lipinski definition) is 6. The molecule has 37 heavy (non-hydrogen) atoms. The molecule has 10 heteroatoms. The van der Waals surface area contributed by atoms with Gasteiger partial charge in [0.2, 0.25) is 0 Å². The molecule has 0 bridgehead atoms. The van der Waals surface area contributed by atoms with E-state index in [0.29, 0.717) is 50.2 Å². The highest BCUT2D eigenvalue weighted by Gasteiger charge is 2.58. The Labute approximate surface area is 222 Å². The summed E-state index contributed by atoms with van der Waals surface area (Å²) in [6.07, 6.45) is 0.666. The van der Waals surface area contributed by atoms with Crippen LogP contribution in [0.1, 0.15) is 46.9 Å². The van der Waals surface area contributed by atoms with Crippen LogP contribution in [0.5, 0.6) is 0 Å². The normalized spacial score (nSPS) is 20.6. The molecule has 2 heterocycles. The molecule has 1 unspecified atom stereocenters. The van der Waals surface area contributed by atoms with Crippen LogP contribution in [-0.2, 0) is 21.9 Å². The molecule has 2 amide bonds. The first kappa shape index (κ1) is 25.8. The molecule has 2 N–H and O–H groups in total. The fourth-order valence-corrected chi connectivity index (χ4v) is 4.64. The third-order valence-corrected chi connectivity index (χ3v) is 7.06. The van der Waals surface area contributed by atoms with E-state index in [0.717, 1.165) is 6.92 Å². The lowest BCUT2D eigenvalue weighted by molar-refractivity contribution is -0.242. The van der Waals surface area contributed by atoms with Crippen LogP contribution in [-0.4, -0.2) is 50.2 Å². The summed E-state index contributed by atoms with van der Waals surface area (Å²) in [5.74, 6) is -5.17. The van der Waals surface area contributed by atoms with Gasteiger partial charge in [-0.1, -0.05) is 41.4 Å². The van der Waals surface area contributed by atoms with E-state index in [1.165, 1.54) is 12.3 Å². The number of amides is 2. The van der Waals surface area contributed by atoms with E-state index < -0.39 is 36.1 Å². The minimum Gasteiger partial charge on any atom is -0.387 e. The minimum atomic E-state index is -3.07. The quantitative estimate of drug-likeness (QED) is 0.420. The average Bonchev–Trinajstić information content (AvgIpc) is 3.56. The number of alkyl halides is 1. The van der Waals surface area contributed by atoms with E-state index in [-0.39, 0.29) is 17.5 Å². The van der Waals surface area contributed by atoms with Crippen LogP contribution in [0.25, 0.3) is 11.1 Å². The topological polar surface area (TPSA) is 100.0 Å². The van der Waals surface area contributed by atoms with Gasteiger partial charge in [0.25, 0.3) is 11.8 Å². The highest BCUT2D eigenvalue weighted by Crippen LogP contribution is 2.48. The number of nitrogens with zero attached hydrogens (tertiary/aromatic N) is 2. The fraction of sp³-hybridized carbons (Fsp3) is 0.296. The van der Waals surface area contributed by atoms with Crippen molar-refractivity contribution in [3.63, 3.8) is 0 Å². The molecule has 1 saturated carbocycles. The van der Waals surface area contributed by atoms with Gasteiger partial charge < -0.3 is 14.9 Å². The van der Waals surface area contributed by atoms with Crippen molar-refractivity contribution in [2.75, 3.05) is 6.61 Å². The summed E-state index contributed by atoms with van der Waals surface area (Å²) >= 11 is 12.1. The first-order valence-corrected chi connectivity index (χ1v) is 12.4. The zero-order valence-electron chi connectivity index (χ0n) is 19.7. The summed E-state index contributed by atoms with van der Waals surface area (Å²) in [5, 5.41) is 21.3. The standard InChI is InChI=1S/C27H23Cl2FN2O5/c1-15(33)24(34)32-25(35)21-9-8-20(16-2-4-17(28)5-3-16)22(12-19-7-6-18(29)13-31-19)23(21)27(32,30)37-14-26(36)10-11-26/h2-9,13,15,33,36H,10-12,14H2,1H3/t15?,27-/m1/s1. The van der Waals surface area contributed by atoms with Gasteiger partial charge >= 0.3 is 5.98 Å². The molecule has 5 rings (SSSR count).